The minimum absolute atomic E-state index is 0.0914. The van der Waals surface area contributed by atoms with Crippen LogP contribution in [0, 0.1) is 5.92 Å². The first-order valence-corrected chi connectivity index (χ1v) is 15.6. The Morgan fingerprint density at radius 1 is 0.886 bits per heavy atom. The van der Waals surface area contributed by atoms with Gasteiger partial charge in [-0.25, -0.2) is 13.4 Å². The fourth-order valence-corrected chi connectivity index (χ4v) is 5.15. The highest BCUT2D eigenvalue weighted by molar-refractivity contribution is 7.80. The second-order valence-corrected chi connectivity index (χ2v) is 11.4. The average molecular weight is 521 g/mol. The summed E-state index contributed by atoms with van der Waals surface area (Å²) in [5.41, 5.74) is 0. The lowest BCUT2D eigenvalue weighted by Gasteiger charge is -2.36. The minimum atomic E-state index is -4.42. The average Bonchev–Trinajstić information content (AvgIpc) is 3.20. The van der Waals surface area contributed by atoms with Crippen molar-refractivity contribution in [2.45, 2.75) is 137 Å². The van der Waals surface area contributed by atoms with Gasteiger partial charge in [0.2, 0.25) is 16.2 Å². The van der Waals surface area contributed by atoms with Crippen LogP contribution in [-0.2, 0) is 14.6 Å². The molecule has 0 aromatic carbocycles. The second-order valence-electron chi connectivity index (χ2n) is 10.3. The Morgan fingerprint density at radius 3 is 1.69 bits per heavy atom. The van der Waals surface area contributed by atoms with E-state index in [-0.39, 0.29) is 12.8 Å². The first-order chi connectivity index (χ1) is 16.6. The van der Waals surface area contributed by atoms with Gasteiger partial charge in [0.1, 0.15) is 6.54 Å². The summed E-state index contributed by atoms with van der Waals surface area (Å²) < 4.78 is 32.7. The van der Waals surface area contributed by atoms with E-state index in [2.05, 4.69) is 25.0 Å². The van der Waals surface area contributed by atoms with Crippen LogP contribution in [0.2, 0.25) is 0 Å². The lowest BCUT2D eigenvalue weighted by Crippen LogP contribution is -2.56. The van der Waals surface area contributed by atoms with Crippen molar-refractivity contribution in [1.82, 2.24) is 0 Å². The van der Waals surface area contributed by atoms with E-state index in [9.17, 15) is 18.1 Å². The Morgan fingerprint density at radius 2 is 1.34 bits per heavy atom. The van der Waals surface area contributed by atoms with E-state index in [1.807, 2.05) is 6.92 Å². The van der Waals surface area contributed by atoms with Gasteiger partial charge in [0.25, 0.3) is 0 Å². The van der Waals surface area contributed by atoms with Crippen LogP contribution >= 0.6 is 0 Å². The predicted octanol–water partition coefficient (Wildman–Crippen LogP) is 6.56. The van der Waals surface area contributed by atoms with Gasteiger partial charge in [-0.05, 0) is 26.2 Å². The van der Waals surface area contributed by atoms with Crippen LogP contribution in [0.1, 0.15) is 131 Å². The van der Waals surface area contributed by atoms with Crippen LogP contribution in [0.3, 0.4) is 0 Å². The Hall–Kier alpha value is -0.540. The third-order valence-corrected chi connectivity index (χ3v) is 7.56. The van der Waals surface area contributed by atoms with Crippen molar-refractivity contribution in [2.75, 3.05) is 26.2 Å². The van der Waals surface area contributed by atoms with Gasteiger partial charge in [0.05, 0.1) is 19.7 Å². The number of aliphatic hydroxyl groups excluding tert-OH is 1. The number of nitrogens with zero attached hydrogens (tertiary/aromatic N) is 2. The maximum atomic E-state index is 10.2. The maximum absolute atomic E-state index is 10.2. The third-order valence-electron chi connectivity index (χ3n) is 7.03. The lowest BCUT2D eigenvalue weighted by atomic mass is 10.0. The summed E-state index contributed by atoms with van der Waals surface area (Å²) >= 11 is 0. The first-order valence-electron chi connectivity index (χ1n) is 14.3. The number of hydrogen-bond donors (Lipinski definition) is 1. The molecule has 8 heteroatoms. The number of aliphatic hydroxyl groups is 1. The minimum Gasteiger partial charge on any atom is -0.726 e. The molecule has 210 valence electrons. The fourth-order valence-electron chi connectivity index (χ4n) is 4.86. The van der Waals surface area contributed by atoms with E-state index in [1.165, 1.54) is 103 Å². The molecular formula is C27H56N2O5S. The Balaban J connectivity index is 0.00000143. The van der Waals surface area contributed by atoms with Gasteiger partial charge in [-0.1, -0.05) is 97.3 Å². The van der Waals surface area contributed by atoms with Gasteiger partial charge < -0.3 is 9.66 Å². The number of likely N-dealkylation sites (N-methyl/N-ethyl adjacent to an activating group) is 1. The van der Waals surface area contributed by atoms with Crippen LogP contribution in [-0.4, -0.2) is 60.9 Å². The molecule has 0 bridgehead atoms. The molecule has 1 aliphatic rings. The van der Waals surface area contributed by atoms with E-state index in [0.717, 1.165) is 36.5 Å². The summed E-state index contributed by atoms with van der Waals surface area (Å²) in [5, 5.41) is 10.2. The van der Waals surface area contributed by atoms with E-state index in [1.54, 1.807) is 0 Å². The van der Waals surface area contributed by atoms with Crippen molar-refractivity contribution in [3.05, 3.63) is 0 Å². The molecular weight excluding hydrogens is 464 g/mol. The van der Waals surface area contributed by atoms with Gasteiger partial charge >= 0.3 is 0 Å². The standard InChI is InChI=1S/C25H51N2O.C2H6O4S/c1-5-27(24(4)28)22-21-26-25(27)20-18-16-14-12-10-8-6-7-9-11-13-15-17-19-23(2)3;1-2-6-7(3,4)5/h23-24,28H,5-22H2,1-4H3;2H2,1H3,(H,3,4,5)/q+1;/p-1. The van der Waals surface area contributed by atoms with Gasteiger partial charge in [0.15, 0.2) is 6.23 Å². The molecule has 0 aromatic heterocycles. The molecule has 2 unspecified atom stereocenters. The van der Waals surface area contributed by atoms with Crippen LogP contribution in [0.25, 0.3) is 0 Å². The van der Waals surface area contributed by atoms with Crippen molar-refractivity contribution in [1.29, 1.82) is 0 Å². The van der Waals surface area contributed by atoms with Crippen molar-refractivity contribution in [3.8, 4) is 0 Å². The van der Waals surface area contributed by atoms with Crippen molar-refractivity contribution < 1.29 is 26.7 Å². The highest BCUT2D eigenvalue weighted by Gasteiger charge is 2.40. The van der Waals surface area contributed by atoms with Crippen molar-refractivity contribution >= 4 is 16.2 Å². The summed E-state index contributed by atoms with van der Waals surface area (Å²) in [7, 11) is -4.42. The van der Waals surface area contributed by atoms with Gasteiger partial charge in [-0.3, -0.25) is 8.67 Å². The molecule has 0 fully saturated rings. The molecule has 35 heavy (non-hydrogen) atoms. The summed E-state index contributed by atoms with van der Waals surface area (Å²) in [6, 6.07) is 0. The molecule has 0 saturated heterocycles. The molecule has 1 aliphatic heterocycles. The zero-order valence-electron chi connectivity index (χ0n) is 23.5. The summed E-state index contributed by atoms with van der Waals surface area (Å²) in [6.45, 7) is 13.0. The summed E-state index contributed by atoms with van der Waals surface area (Å²) in [4.78, 5) is 4.72. The molecule has 0 amide bonds. The smallest absolute Gasteiger partial charge is 0.217 e. The highest BCUT2D eigenvalue weighted by atomic mass is 32.3. The van der Waals surface area contributed by atoms with Gasteiger partial charge in [-0.15, -0.1) is 0 Å². The largest absolute Gasteiger partial charge is 0.726 e. The Labute approximate surface area is 217 Å². The van der Waals surface area contributed by atoms with Crippen LogP contribution < -0.4 is 0 Å². The maximum Gasteiger partial charge on any atom is 0.217 e. The van der Waals surface area contributed by atoms with E-state index in [4.69, 9.17) is 4.99 Å². The lowest BCUT2D eigenvalue weighted by molar-refractivity contribution is -0.882. The van der Waals surface area contributed by atoms with Crippen LogP contribution in [0.4, 0.5) is 0 Å². The molecule has 0 aliphatic carbocycles. The number of aliphatic imine (C=N–C) groups is 1. The quantitative estimate of drug-likeness (QED) is 0.0847. The molecule has 0 radical (unpaired) electrons. The zero-order valence-corrected chi connectivity index (χ0v) is 24.3. The van der Waals surface area contributed by atoms with Crippen LogP contribution in [0.15, 0.2) is 4.99 Å². The fraction of sp³-hybridized carbons (Fsp3) is 0.963. The topological polar surface area (TPSA) is 99.0 Å². The molecule has 0 saturated carbocycles. The number of rotatable bonds is 20. The molecule has 0 aromatic rings. The van der Waals surface area contributed by atoms with Gasteiger partial charge in [0, 0.05) is 13.3 Å². The monoisotopic (exact) mass is 520 g/mol. The number of quaternary nitrogens is 1. The summed E-state index contributed by atoms with van der Waals surface area (Å²) in [5.74, 6) is 2.13. The molecule has 0 spiro atoms. The van der Waals surface area contributed by atoms with E-state index >= 15 is 0 Å². The predicted molar refractivity (Wildman–Crippen MR) is 145 cm³/mol. The molecule has 1 N–H and O–H groups in total. The normalized spacial score (nSPS) is 18.9. The SMILES string of the molecule is CCOS(=O)(=O)[O-].CC[N+]1(C(C)O)CCN=C1CCCCCCCCCCCCCCCC(C)C. The summed E-state index contributed by atoms with van der Waals surface area (Å²) in [6.07, 6.45) is 20.4. The molecule has 2 atom stereocenters. The number of unbranched alkanes of at least 4 members (excludes halogenated alkanes) is 12. The Bertz CT molecular complexity index is 637. The number of amidine groups is 1. The first kappa shape index (κ1) is 34.5. The zero-order chi connectivity index (χ0) is 26.6. The number of hydrogen-bond acceptors (Lipinski definition) is 6. The highest BCUT2D eigenvalue weighted by Crippen LogP contribution is 2.23. The van der Waals surface area contributed by atoms with Crippen LogP contribution in [0.5, 0.6) is 0 Å². The van der Waals surface area contributed by atoms with E-state index in [0.29, 0.717) is 0 Å². The van der Waals surface area contributed by atoms with Crippen molar-refractivity contribution in [2.24, 2.45) is 10.9 Å². The van der Waals surface area contributed by atoms with Crippen molar-refractivity contribution in [3.63, 3.8) is 0 Å². The van der Waals surface area contributed by atoms with E-state index < -0.39 is 10.4 Å². The van der Waals surface area contributed by atoms with Gasteiger partial charge in [-0.2, -0.15) is 0 Å². The second kappa shape index (κ2) is 20.5. The molecule has 1 rings (SSSR count). The molecule has 1 heterocycles. The molecule has 7 nitrogen and oxygen atoms in total. The third kappa shape index (κ3) is 17.5. The Kier molecular flexibility index (Phi) is 20.2.